The first-order valence-electron chi connectivity index (χ1n) is 23.5. The predicted octanol–water partition coefficient (Wildman–Crippen LogP) is 7.31. The Bertz CT molecular complexity index is 2340. The first-order valence-corrected chi connectivity index (χ1v) is 24.4. The molecule has 4 aromatic rings. The number of amides is 4. The molecule has 4 N–H and O–H groups in total. The number of nitrogens with one attached hydrogen (secondary N) is 3. The van der Waals surface area contributed by atoms with Crippen LogP contribution in [-0.2, 0) is 19.2 Å². The van der Waals surface area contributed by atoms with Gasteiger partial charge in [-0.3, -0.25) is 24.2 Å². The highest BCUT2D eigenvalue weighted by atomic mass is 32.1. The molecule has 0 radical (unpaired) electrons. The van der Waals surface area contributed by atoms with Crippen molar-refractivity contribution in [2.24, 2.45) is 5.41 Å². The van der Waals surface area contributed by atoms with Crippen molar-refractivity contribution in [3.8, 4) is 10.4 Å². The van der Waals surface area contributed by atoms with E-state index in [0.29, 0.717) is 49.8 Å². The zero-order chi connectivity index (χ0) is 47.9. The van der Waals surface area contributed by atoms with Crippen LogP contribution >= 0.6 is 11.3 Å². The number of thiazole rings is 1. The molecule has 3 fully saturated rings. The summed E-state index contributed by atoms with van der Waals surface area (Å²) in [5, 5.41) is 19.8. The number of likely N-dealkylation sites (tertiary alicyclic amines) is 2. The van der Waals surface area contributed by atoms with Gasteiger partial charge in [-0.2, -0.15) is 0 Å². The molecule has 67 heavy (non-hydrogen) atoms. The summed E-state index contributed by atoms with van der Waals surface area (Å²) in [6.07, 6.45) is 8.57. The lowest BCUT2D eigenvalue weighted by atomic mass is 9.85. The number of hydrogen-bond acceptors (Lipinski definition) is 12. The minimum atomic E-state index is -2.76. The van der Waals surface area contributed by atoms with Crippen molar-refractivity contribution in [2.45, 2.75) is 135 Å². The quantitative estimate of drug-likeness (QED) is 0.0779. The van der Waals surface area contributed by atoms with E-state index in [1.165, 1.54) is 4.90 Å². The zero-order valence-corrected chi connectivity index (χ0v) is 40.0. The summed E-state index contributed by atoms with van der Waals surface area (Å²) < 4.78 is 28.3. The third-order valence-electron chi connectivity index (χ3n) is 13.1. The number of piperidine rings is 1. The van der Waals surface area contributed by atoms with E-state index in [1.54, 1.807) is 34.8 Å². The average molecular weight is 943 g/mol. The van der Waals surface area contributed by atoms with Crippen molar-refractivity contribution < 1.29 is 33.1 Å². The number of rotatable bonds is 17. The van der Waals surface area contributed by atoms with E-state index in [1.807, 2.05) is 81.4 Å². The first kappa shape index (κ1) is 49.3. The van der Waals surface area contributed by atoms with Gasteiger partial charge in [-0.15, -0.1) is 11.3 Å². The van der Waals surface area contributed by atoms with Crippen LogP contribution < -0.4 is 20.9 Å². The van der Waals surface area contributed by atoms with Gasteiger partial charge in [0.15, 0.2) is 0 Å². The van der Waals surface area contributed by atoms with Crippen molar-refractivity contribution in [3.63, 3.8) is 0 Å². The lowest BCUT2D eigenvalue weighted by Crippen LogP contribution is -2.57. The highest BCUT2D eigenvalue weighted by Gasteiger charge is 2.45. The molecule has 0 bridgehead atoms. The molecule has 1 aromatic carbocycles. The van der Waals surface area contributed by atoms with Gasteiger partial charge in [0, 0.05) is 64.3 Å². The number of nitrogens with zero attached hydrogens (tertiary/aromatic N) is 7. The summed E-state index contributed by atoms with van der Waals surface area (Å²) in [5.41, 5.74) is 5.03. The Morgan fingerprint density at radius 1 is 0.940 bits per heavy atom. The van der Waals surface area contributed by atoms with E-state index in [9.17, 15) is 33.1 Å². The molecule has 3 aromatic heterocycles. The Labute approximate surface area is 395 Å². The fourth-order valence-corrected chi connectivity index (χ4v) is 10.0. The van der Waals surface area contributed by atoms with Crippen molar-refractivity contribution in [1.29, 1.82) is 0 Å². The fraction of sp³-hybridized carbons (Fsp3) is 0.551. The second-order valence-corrected chi connectivity index (χ2v) is 20.2. The molecule has 6 heterocycles. The second-order valence-electron chi connectivity index (χ2n) is 19.3. The van der Waals surface area contributed by atoms with Crippen LogP contribution in [0.4, 0.5) is 26.2 Å². The Hall–Kier alpha value is -5.62. The highest BCUT2D eigenvalue weighted by Crippen LogP contribution is 2.36. The summed E-state index contributed by atoms with van der Waals surface area (Å²) >= 11 is 1.57. The van der Waals surface area contributed by atoms with Crippen LogP contribution in [0.2, 0.25) is 0 Å². The van der Waals surface area contributed by atoms with Gasteiger partial charge in [-0.05, 0) is 79.7 Å². The predicted molar refractivity (Wildman–Crippen MR) is 254 cm³/mol. The highest BCUT2D eigenvalue weighted by molar-refractivity contribution is 7.13. The van der Waals surface area contributed by atoms with Crippen molar-refractivity contribution in [2.75, 3.05) is 42.9 Å². The third-order valence-corrected chi connectivity index (χ3v) is 14.0. The minimum absolute atomic E-state index is 0.00632. The number of halogens is 2. The number of aromatic nitrogens is 4. The normalized spacial score (nSPS) is 19.6. The fourth-order valence-electron chi connectivity index (χ4n) is 9.21. The number of aliphatic hydroxyl groups excluding tert-OH is 1. The molecule has 3 aliphatic rings. The maximum atomic E-state index is 14.2. The van der Waals surface area contributed by atoms with Gasteiger partial charge >= 0.3 is 0 Å². The number of carbonyl (C=O) groups excluding carboxylic acids is 4. The van der Waals surface area contributed by atoms with Crippen molar-refractivity contribution in [1.82, 2.24) is 40.4 Å². The average Bonchev–Trinajstić information content (AvgIpc) is 4.03. The number of hydrogen-bond donors (Lipinski definition) is 4. The number of aliphatic hydroxyl groups is 1. The number of unbranched alkanes of at least 4 members (excludes halogenated alkanes) is 3. The molecule has 360 valence electrons. The largest absolute Gasteiger partial charge is 0.391 e. The molecule has 7 rings (SSSR count). The van der Waals surface area contributed by atoms with Crippen LogP contribution in [0.1, 0.15) is 121 Å². The summed E-state index contributed by atoms with van der Waals surface area (Å²) in [7, 11) is 0. The Morgan fingerprint density at radius 3 is 2.31 bits per heavy atom. The van der Waals surface area contributed by atoms with Crippen LogP contribution in [0.25, 0.3) is 10.4 Å². The lowest BCUT2D eigenvalue weighted by molar-refractivity contribution is -0.144. The molecular weight excluding hydrogens is 879 g/mol. The number of aryl methyl sites for hydroxylation is 1. The summed E-state index contributed by atoms with van der Waals surface area (Å²) in [6.45, 7) is 10.5. The Morgan fingerprint density at radius 2 is 1.67 bits per heavy atom. The van der Waals surface area contributed by atoms with Crippen LogP contribution in [0, 0.1) is 12.3 Å². The lowest BCUT2D eigenvalue weighted by Gasteiger charge is -2.35. The summed E-state index contributed by atoms with van der Waals surface area (Å²) in [4.78, 5) is 77.7. The molecule has 3 aliphatic heterocycles. The van der Waals surface area contributed by atoms with E-state index >= 15 is 0 Å². The summed E-state index contributed by atoms with van der Waals surface area (Å²) in [6, 6.07) is 9.62. The van der Waals surface area contributed by atoms with Gasteiger partial charge in [0.05, 0.1) is 41.0 Å². The number of alkyl halides is 2. The smallest absolute Gasteiger partial charge is 0.266 e. The Kier molecular flexibility index (Phi) is 15.9. The molecule has 4 atom stereocenters. The first-order chi connectivity index (χ1) is 31.9. The van der Waals surface area contributed by atoms with Crippen LogP contribution in [0.3, 0.4) is 0 Å². The number of benzene rings is 1. The van der Waals surface area contributed by atoms with Gasteiger partial charge < -0.3 is 35.8 Å². The molecule has 18 heteroatoms. The molecule has 0 saturated carbocycles. The SMILES string of the molecule is Cc1ncsc1-c1ccc([C@H](C)NC(=O)[C@@H]2C[C@@H](O)CN2C(=O)C(NC(=O)CCCCCCC(=O)N2CCC(c3cc(Nc4cnccn4)nc(N4CCC(F)(F)C4)c3)CC2)C(C)(C)C)cc1. The number of pyridine rings is 1. The molecule has 1 unspecified atom stereocenters. The molecule has 4 amide bonds. The molecular formula is C49H64F2N10O5S. The zero-order valence-electron chi connectivity index (χ0n) is 39.1. The van der Waals surface area contributed by atoms with Gasteiger partial charge in [-0.25, -0.2) is 23.7 Å². The van der Waals surface area contributed by atoms with E-state index < -0.39 is 35.4 Å². The molecule has 15 nitrogen and oxygen atoms in total. The van der Waals surface area contributed by atoms with E-state index in [-0.39, 0.29) is 68.6 Å². The third kappa shape index (κ3) is 12.9. The molecule has 3 saturated heterocycles. The van der Waals surface area contributed by atoms with Gasteiger partial charge in [0.25, 0.3) is 5.92 Å². The number of anilines is 3. The minimum Gasteiger partial charge on any atom is -0.391 e. The Balaban J connectivity index is 0.838. The summed E-state index contributed by atoms with van der Waals surface area (Å²) in [5.74, 6) is -2.09. The monoisotopic (exact) mass is 942 g/mol. The maximum Gasteiger partial charge on any atom is 0.266 e. The van der Waals surface area contributed by atoms with E-state index in [4.69, 9.17) is 0 Å². The van der Waals surface area contributed by atoms with Crippen molar-refractivity contribution in [3.05, 3.63) is 77.3 Å². The second kappa shape index (κ2) is 21.6. The van der Waals surface area contributed by atoms with Gasteiger partial charge in [0.1, 0.15) is 29.5 Å². The number of carbonyl (C=O) groups is 4. The molecule has 0 aliphatic carbocycles. The van der Waals surface area contributed by atoms with Gasteiger partial charge in [0.2, 0.25) is 23.6 Å². The molecule has 0 spiro atoms. The standard InChI is InChI=1S/C49H64F2N10O5S/c1-31(33-12-14-35(15-13-33)44-32(2)54-30-67-44)55-46(65)38-26-37(62)28-61(38)47(66)45(48(3,4)5)58-42(63)10-8-6-7-9-11-43(64)59-21-16-34(17-22-59)36-24-39(56-40-27-52-19-20-53-40)57-41(25-36)60-23-18-49(50,51)29-60/h12-15,19-20,24-25,27,30-31,34,37-38,45,62H,6-11,16-18,21-23,26,28-29H2,1-5H3,(H,55,65)(H,58,63)(H,53,56,57)/t31-,37+,38-,45?/m0/s1. The van der Waals surface area contributed by atoms with Crippen LogP contribution in [0.15, 0.2) is 60.5 Å². The van der Waals surface area contributed by atoms with Crippen LogP contribution in [-0.4, -0.2) is 115 Å². The van der Waals surface area contributed by atoms with Crippen molar-refractivity contribution >= 4 is 52.4 Å². The maximum absolute atomic E-state index is 14.2. The number of β-amino-alcohol motifs (C(OH)–C–C–N with tert-alkyl or cyclic N) is 1. The van der Waals surface area contributed by atoms with E-state index in [2.05, 4.69) is 35.9 Å². The topological polar surface area (TPSA) is 186 Å². The van der Waals surface area contributed by atoms with Crippen LogP contribution in [0.5, 0.6) is 0 Å². The van der Waals surface area contributed by atoms with E-state index in [0.717, 1.165) is 52.9 Å². The van der Waals surface area contributed by atoms with Gasteiger partial charge in [-0.1, -0.05) is 57.9 Å².